The van der Waals surface area contributed by atoms with E-state index in [0.717, 1.165) is 12.2 Å². The van der Waals surface area contributed by atoms with E-state index in [9.17, 15) is 4.79 Å². The first-order valence-electron chi connectivity index (χ1n) is 7.06. The fourth-order valence-corrected chi connectivity index (χ4v) is 2.21. The molecule has 0 atom stereocenters. The highest BCUT2D eigenvalue weighted by Gasteiger charge is 2.31. The normalized spacial score (nSPS) is 15.3. The van der Waals surface area contributed by atoms with E-state index in [-0.39, 0.29) is 17.9 Å². The molecule has 2 rings (SSSR count). The van der Waals surface area contributed by atoms with Crippen molar-refractivity contribution < 1.29 is 4.79 Å². The van der Waals surface area contributed by atoms with Gasteiger partial charge in [-0.25, -0.2) is 0 Å². The summed E-state index contributed by atoms with van der Waals surface area (Å²) in [5.74, 6) is 0.851. The summed E-state index contributed by atoms with van der Waals surface area (Å²) in [4.78, 5) is 14.5. The zero-order chi connectivity index (χ0) is 14.2. The van der Waals surface area contributed by atoms with Crippen molar-refractivity contribution >= 4 is 11.6 Å². The summed E-state index contributed by atoms with van der Waals surface area (Å²) in [6.07, 6.45) is 2.45. The number of nitrogen functional groups attached to an aromatic ring is 1. The van der Waals surface area contributed by atoms with Crippen LogP contribution in [0.25, 0.3) is 0 Å². The number of carbonyl (C=O) groups excluding carboxylic acids is 1. The second kappa shape index (κ2) is 5.23. The van der Waals surface area contributed by atoms with Crippen molar-refractivity contribution in [2.45, 2.75) is 52.5 Å². The minimum absolute atomic E-state index is 0.0532. The smallest absolute Gasteiger partial charge is 0.276 e. The fourth-order valence-electron chi connectivity index (χ4n) is 2.21. The van der Waals surface area contributed by atoms with Crippen molar-refractivity contribution in [3.63, 3.8) is 0 Å². The van der Waals surface area contributed by atoms with Gasteiger partial charge in [0.15, 0.2) is 5.69 Å². The SMILES string of the molecule is CC(C)c1[nH]nc(C(=O)N(CC2CC2)C(C)C)c1N. The number of hydrogen-bond acceptors (Lipinski definition) is 3. The first kappa shape index (κ1) is 13.9. The van der Waals surface area contributed by atoms with Crippen molar-refractivity contribution in [1.82, 2.24) is 15.1 Å². The number of nitrogens with zero attached hydrogens (tertiary/aromatic N) is 2. The van der Waals surface area contributed by atoms with Crippen LogP contribution in [0, 0.1) is 5.92 Å². The van der Waals surface area contributed by atoms with Gasteiger partial charge in [-0.1, -0.05) is 13.8 Å². The summed E-state index contributed by atoms with van der Waals surface area (Å²) in [6, 6.07) is 0.173. The summed E-state index contributed by atoms with van der Waals surface area (Å²) >= 11 is 0. The summed E-state index contributed by atoms with van der Waals surface area (Å²) < 4.78 is 0. The Morgan fingerprint density at radius 2 is 2.05 bits per heavy atom. The molecule has 1 aliphatic carbocycles. The number of H-pyrrole nitrogens is 1. The Kier molecular flexibility index (Phi) is 3.83. The number of nitrogens with two attached hydrogens (primary N) is 1. The van der Waals surface area contributed by atoms with Gasteiger partial charge in [0.1, 0.15) is 0 Å². The minimum Gasteiger partial charge on any atom is -0.395 e. The van der Waals surface area contributed by atoms with E-state index in [1.165, 1.54) is 12.8 Å². The minimum atomic E-state index is -0.0532. The molecule has 19 heavy (non-hydrogen) atoms. The molecule has 0 radical (unpaired) electrons. The van der Waals surface area contributed by atoms with E-state index >= 15 is 0 Å². The van der Waals surface area contributed by atoms with Gasteiger partial charge in [0.25, 0.3) is 5.91 Å². The molecule has 3 N–H and O–H groups in total. The number of amides is 1. The van der Waals surface area contributed by atoms with E-state index in [4.69, 9.17) is 5.73 Å². The topological polar surface area (TPSA) is 75.0 Å². The highest BCUT2D eigenvalue weighted by atomic mass is 16.2. The third-order valence-electron chi connectivity index (χ3n) is 3.65. The van der Waals surface area contributed by atoms with Gasteiger partial charge < -0.3 is 10.6 Å². The Morgan fingerprint density at radius 1 is 1.42 bits per heavy atom. The van der Waals surface area contributed by atoms with Crippen LogP contribution < -0.4 is 5.73 Å². The van der Waals surface area contributed by atoms with Crippen LogP contribution in [0.2, 0.25) is 0 Å². The molecule has 106 valence electrons. The van der Waals surface area contributed by atoms with E-state index in [1.54, 1.807) is 0 Å². The molecule has 0 spiro atoms. The van der Waals surface area contributed by atoms with Gasteiger partial charge in [0.2, 0.25) is 0 Å². The van der Waals surface area contributed by atoms with Crippen molar-refractivity contribution in [1.29, 1.82) is 0 Å². The number of anilines is 1. The van der Waals surface area contributed by atoms with Crippen LogP contribution >= 0.6 is 0 Å². The van der Waals surface area contributed by atoms with Crippen LogP contribution in [-0.4, -0.2) is 33.6 Å². The Labute approximate surface area is 114 Å². The standard InChI is InChI=1S/C14H24N4O/c1-8(2)12-11(15)13(17-16-12)14(19)18(9(3)4)7-10-5-6-10/h8-10H,5-7,15H2,1-4H3,(H,16,17). The number of aromatic amines is 1. The predicted octanol–water partition coefficient (Wildman–Crippen LogP) is 2.38. The second-order valence-electron chi connectivity index (χ2n) is 6.05. The van der Waals surface area contributed by atoms with Crippen LogP contribution in [0.5, 0.6) is 0 Å². The summed E-state index contributed by atoms with van der Waals surface area (Å²) in [5, 5.41) is 7.02. The van der Waals surface area contributed by atoms with Gasteiger partial charge in [-0.2, -0.15) is 5.10 Å². The number of rotatable bonds is 5. The summed E-state index contributed by atoms with van der Waals surface area (Å²) in [5.41, 5.74) is 7.77. The molecule has 1 fully saturated rings. The maximum absolute atomic E-state index is 12.6. The second-order valence-corrected chi connectivity index (χ2v) is 6.05. The molecular formula is C14H24N4O. The van der Waals surface area contributed by atoms with Gasteiger partial charge in [-0.3, -0.25) is 9.89 Å². The van der Waals surface area contributed by atoms with Gasteiger partial charge >= 0.3 is 0 Å². The number of carbonyl (C=O) groups is 1. The van der Waals surface area contributed by atoms with E-state index in [2.05, 4.69) is 10.2 Å². The van der Waals surface area contributed by atoms with Crippen LogP contribution in [-0.2, 0) is 0 Å². The lowest BCUT2D eigenvalue weighted by molar-refractivity contribution is 0.0691. The zero-order valence-corrected chi connectivity index (χ0v) is 12.2. The first-order chi connectivity index (χ1) is 8.91. The number of hydrogen-bond donors (Lipinski definition) is 2. The fraction of sp³-hybridized carbons (Fsp3) is 0.714. The van der Waals surface area contributed by atoms with Gasteiger partial charge in [-0.05, 0) is 38.5 Å². The van der Waals surface area contributed by atoms with Crippen LogP contribution in [0.1, 0.15) is 62.6 Å². The Bertz CT molecular complexity index is 460. The molecule has 5 nitrogen and oxygen atoms in total. The Morgan fingerprint density at radius 3 is 2.47 bits per heavy atom. The monoisotopic (exact) mass is 264 g/mol. The number of nitrogens with one attached hydrogen (secondary N) is 1. The van der Waals surface area contributed by atoms with Crippen molar-refractivity contribution in [3.05, 3.63) is 11.4 Å². The molecule has 1 aliphatic rings. The number of aromatic nitrogens is 2. The molecule has 0 bridgehead atoms. The molecule has 0 aromatic carbocycles. The maximum Gasteiger partial charge on any atom is 0.276 e. The summed E-state index contributed by atoms with van der Waals surface area (Å²) in [6.45, 7) is 8.95. The molecule has 1 aromatic rings. The lowest BCUT2D eigenvalue weighted by atomic mass is 10.1. The largest absolute Gasteiger partial charge is 0.395 e. The molecular weight excluding hydrogens is 240 g/mol. The van der Waals surface area contributed by atoms with Crippen molar-refractivity contribution in [3.8, 4) is 0 Å². The molecule has 0 saturated heterocycles. The highest BCUT2D eigenvalue weighted by Crippen LogP contribution is 2.31. The van der Waals surface area contributed by atoms with Crippen molar-refractivity contribution in [2.75, 3.05) is 12.3 Å². The predicted molar refractivity (Wildman–Crippen MR) is 76.0 cm³/mol. The van der Waals surface area contributed by atoms with E-state index < -0.39 is 0 Å². The third kappa shape index (κ3) is 2.91. The lowest BCUT2D eigenvalue weighted by Crippen LogP contribution is -2.39. The van der Waals surface area contributed by atoms with E-state index in [1.807, 2.05) is 32.6 Å². The molecule has 1 aromatic heterocycles. The molecule has 0 aliphatic heterocycles. The van der Waals surface area contributed by atoms with E-state index in [0.29, 0.717) is 17.3 Å². The maximum atomic E-state index is 12.6. The molecule has 0 unspecified atom stereocenters. The van der Waals surface area contributed by atoms with Crippen LogP contribution in [0.15, 0.2) is 0 Å². The molecule has 1 amide bonds. The third-order valence-corrected chi connectivity index (χ3v) is 3.65. The van der Waals surface area contributed by atoms with Crippen molar-refractivity contribution in [2.24, 2.45) is 5.92 Å². The lowest BCUT2D eigenvalue weighted by Gasteiger charge is -2.26. The first-order valence-corrected chi connectivity index (χ1v) is 7.06. The molecule has 1 saturated carbocycles. The zero-order valence-electron chi connectivity index (χ0n) is 12.2. The average molecular weight is 264 g/mol. The highest BCUT2D eigenvalue weighted by molar-refractivity contribution is 5.97. The Hall–Kier alpha value is -1.52. The summed E-state index contributed by atoms with van der Waals surface area (Å²) in [7, 11) is 0. The van der Waals surface area contributed by atoms with Gasteiger partial charge in [-0.15, -0.1) is 0 Å². The molecule has 1 heterocycles. The Balaban J connectivity index is 2.20. The van der Waals surface area contributed by atoms with Gasteiger partial charge in [0.05, 0.1) is 11.4 Å². The van der Waals surface area contributed by atoms with Crippen LogP contribution in [0.4, 0.5) is 5.69 Å². The van der Waals surface area contributed by atoms with Crippen LogP contribution in [0.3, 0.4) is 0 Å². The molecule has 5 heteroatoms. The average Bonchev–Trinajstić information content (AvgIpc) is 3.06. The van der Waals surface area contributed by atoms with Gasteiger partial charge in [0, 0.05) is 12.6 Å². The quantitative estimate of drug-likeness (QED) is 0.857.